The van der Waals surface area contributed by atoms with Gasteiger partial charge in [-0.1, -0.05) is 42.5 Å². The highest BCUT2D eigenvalue weighted by Crippen LogP contribution is 2.16. The van der Waals surface area contributed by atoms with Crippen LogP contribution in [0.15, 0.2) is 67.3 Å². The van der Waals surface area contributed by atoms with Gasteiger partial charge in [0.2, 0.25) is 10.0 Å². The van der Waals surface area contributed by atoms with Gasteiger partial charge in [-0.05, 0) is 23.3 Å². The molecule has 1 fully saturated rings. The molecule has 9 heteroatoms. The molecular formula is C21H23N5O3S. The molecule has 1 aromatic heterocycles. The molecule has 1 aliphatic heterocycles. The maximum Gasteiger partial charge on any atom is 0.253 e. The number of aromatic nitrogens is 3. The highest BCUT2D eigenvalue weighted by atomic mass is 32.2. The molecule has 0 radical (unpaired) electrons. The molecular weight excluding hydrogens is 402 g/mol. The van der Waals surface area contributed by atoms with Crippen LogP contribution in [0.4, 0.5) is 0 Å². The second-order valence-electron chi connectivity index (χ2n) is 7.22. The summed E-state index contributed by atoms with van der Waals surface area (Å²) >= 11 is 0. The van der Waals surface area contributed by atoms with E-state index in [4.69, 9.17) is 0 Å². The van der Waals surface area contributed by atoms with Crippen molar-refractivity contribution in [3.8, 4) is 0 Å². The summed E-state index contributed by atoms with van der Waals surface area (Å²) < 4.78 is 28.6. The van der Waals surface area contributed by atoms with E-state index in [0.29, 0.717) is 38.3 Å². The molecule has 8 nitrogen and oxygen atoms in total. The summed E-state index contributed by atoms with van der Waals surface area (Å²) in [4.78, 5) is 18.4. The van der Waals surface area contributed by atoms with Crippen LogP contribution in [0.25, 0.3) is 0 Å². The van der Waals surface area contributed by atoms with Crippen LogP contribution in [0.5, 0.6) is 0 Å². The number of piperazine rings is 1. The van der Waals surface area contributed by atoms with Crippen LogP contribution in [0.1, 0.15) is 21.5 Å². The Labute approximate surface area is 175 Å². The van der Waals surface area contributed by atoms with Crippen LogP contribution in [0.2, 0.25) is 0 Å². The minimum atomic E-state index is -3.40. The summed E-state index contributed by atoms with van der Waals surface area (Å²) in [5.41, 5.74) is 2.38. The summed E-state index contributed by atoms with van der Waals surface area (Å²) in [6.07, 6.45) is 3.13. The Bertz CT molecular complexity index is 1080. The van der Waals surface area contributed by atoms with Gasteiger partial charge in [-0.3, -0.25) is 4.79 Å². The van der Waals surface area contributed by atoms with E-state index in [0.717, 1.165) is 11.1 Å². The van der Waals surface area contributed by atoms with Crippen LogP contribution in [-0.2, 0) is 22.3 Å². The third-order valence-corrected chi connectivity index (χ3v) is 6.97. The monoisotopic (exact) mass is 425 g/mol. The molecule has 0 spiro atoms. The first-order chi connectivity index (χ1) is 14.5. The fourth-order valence-corrected chi connectivity index (χ4v) is 5.00. The zero-order chi connectivity index (χ0) is 21.0. The lowest BCUT2D eigenvalue weighted by Crippen LogP contribution is -2.50. The predicted molar refractivity (Wildman–Crippen MR) is 112 cm³/mol. The third-order valence-electron chi connectivity index (χ3n) is 5.12. The van der Waals surface area contributed by atoms with Gasteiger partial charge < -0.3 is 4.90 Å². The van der Waals surface area contributed by atoms with Gasteiger partial charge in [0.1, 0.15) is 12.7 Å². The van der Waals surface area contributed by atoms with Gasteiger partial charge in [-0.2, -0.15) is 9.40 Å². The quantitative estimate of drug-likeness (QED) is 0.599. The third kappa shape index (κ3) is 4.74. The van der Waals surface area contributed by atoms with Gasteiger partial charge in [-0.25, -0.2) is 18.1 Å². The molecule has 0 saturated carbocycles. The SMILES string of the molecule is O=C(c1ccc(Cn2cncn2)cc1)N1CCN(S(=O)(=O)Cc2ccccc2)CC1. The fourth-order valence-electron chi connectivity index (χ4n) is 3.48. The molecule has 1 saturated heterocycles. The number of rotatable bonds is 6. The number of sulfonamides is 1. The smallest absolute Gasteiger partial charge is 0.253 e. The Morgan fingerprint density at radius 3 is 2.23 bits per heavy atom. The first kappa shape index (κ1) is 20.2. The Hall–Kier alpha value is -3.04. The van der Waals surface area contributed by atoms with Gasteiger partial charge in [0.15, 0.2) is 0 Å². The molecule has 1 amide bonds. The van der Waals surface area contributed by atoms with E-state index < -0.39 is 10.0 Å². The highest BCUT2D eigenvalue weighted by molar-refractivity contribution is 7.88. The minimum Gasteiger partial charge on any atom is -0.336 e. The second-order valence-corrected chi connectivity index (χ2v) is 9.19. The standard InChI is InChI=1S/C21H23N5O3S/c27-21(20-8-6-18(7-9-20)14-25-17-22-16-23-25)24-10-12-26(13-11-24)30(28,29)15-19-4-2-1-3-5-19/h1-9,16-17H,10-15H2. The molecule has 0 bridgehead atoms. The molecule has 30 heavy (non-hydrogen) atoms. The molecule has 0 atom stereocenters. The molecule has 4 rings (SSSR count). The number of amides is 1. The average Bonchev–Trinajstić information content (AvgIpc) is 3.27. The maximum absolute atomic E-state index is 12.8. The van der Waals surface area contributed by atoms with E-state index in [2.05, 4.69) is 10.1 Å². The number of hydrogen-bond acceptors (Lipinski definition) is 5. The fraction of sp³-hybridized carbons (Fsp3) is 0.286. The number of benzene rings is 2. The Kier molecular flexibility index (Phi) is 5.91. The molecule has 0 aliphatic carbocycles. The predicted octanol–water partition coefficient (Wildman–Crippen LogP) is 1.61. The minimum absolute atomic E-state index is 0.0188. The van der Waals surface area contributed by atoms with Crippen LogP contribution in [0, 0.1) is 0 Å². The van der Waals surface area contributed by atoms with Gasteiger partial charge in [0.05, 0.1) is 12.3 Å². The van der Waals surface area contributed by atoms with E-state index in [9.17, 15) is 13.2 Å². The Morgan fingerprint density at radius 1 is 0.900 bits per heavy atom. The average molecular weight is 426 g/mol. The zero-order valence-corrected chi connectivity index (χ0v) is 17.3. The highest BCUT2D eigenvalue weighted by Gasteiger charge is 2.29. The van der Waals surface area contributed by atoms with Crippen LogP contribution in [0.3, 0.4) is 0 Å². The Morgan fingerprint density at radius 2 is 1.60 bits per heavy atom. The molecule has 2 heterocycles. The van der Waals surface area contributed by atoms with Crippen molar-refractivity contribution in [2.24, 2.45) is 0 Å². The van der Waals surface area contributed by atoms with E-state index >= 15 is 0 Å². The van der Waals surface area contributed by atoms with Crippen molar-refractivity contribution in [3.05, 3.63) is 83.9 Å². The molecule has 2 aromatic carbocycles. The lowest BCUT2D eigenvalue weighted by molar-refractivity contribution is 0.0698. The number of nitrogens with zero attached hydrogens (tertiary/aromatic N) is 5. The van der Waals surface area contributed by atoms with Crippen LogP contribution >= 0.6 is 0 Å². The summed E-state index contributed by atoms with van der Waals surface area (Å²) in [6.45, 7) is 1.98. The summed E-state index contributed by atoms with van der Waals surface area (Å²) in [6, 6.07) is 16.5. The van der Waals surface area contributed by atoms with Gasteiger partial charge >= 0.3 is 0 Å². The van der Waals surface area contributed by atoms with Crippen molar-refractivity contribution in [2.45, 2.75) is 12.3 Å². The normalized spacial score (nSPS) is 15.3. The van der Waals surface area contributed by atoms with E-state index in [1.165, 1.54) is 10.6 Å². The number of hydrogen-bond donors (Lipinski definition) is 0. The van der Waals surface area contributed by atoms with E-state index in [-0.39, 0.29) is 11.7 Å². The topological polar surface area (TPSA) is 88.4 Å². The van der Waals surface area contributed by atoms with Gasteiger partial charge in [-0.15, -0.1) is 0 Å². The summed E-state index contributed by atoms with van der Waals surface area (Å²) in [7, 11) is -3.40. The lowest BCUT2D eigenvalue weighted by atomic mass is 10.1. The second kappa shape index (κ2) is 8.76. The number of carbonyl (C=O) groups is 1. The van der Waals surface area contributed by atoms with Crippen molar-refractivity contribution in [3.63, 3.8) is 0 Å². The molecule has 3 aromatic rings. The first-order valence-corrected chi connectivity index (χ1v) is 11.3. The zero-order valence-electron chi connectivity index (χ0n) is 16.5. The van der Waals surface area contributed by atoms with E-state index in [1.54, 1.807) is 28.0 Å². The first-order valence-electron chi connectivity index (χ1n) is 9.74. The van der Waals surface area contributed by atoms with Crippen molar-refractivity contribution in [1.82, 2.24) is 24.0 Å². The summed E-state index contributed by atoms with van der Waals surface area (Å²) in [5.74, 6) is -0.0999. The van der Waals surface area contributed by atoms with E-state index in [1.807, 2.05) is 42.5 Å². The molecule has 0 unspecified atom stereocenters. The molecule has 0 N–H and O–H groups in total. The molecule has 1 aliphatic rings. The van der Waals surface area contributed by atoms with Crippen LogP contribution < -0.4 is 0 Å². The van der Waals surface area contributed by atoms with Gasteiger partial charge in [0, 0.05) is 31.7 Å². The van der Waals surface area contributed by atoms with Crippen molar-refractivity contribution in [1.29, 1.82) is 0 Å². The van der Waals surface area contributed by atoms with Crippen LogP contribution in [-0.4, -0.2) is 64.5 Å². The Balaban J connectivity index is 1.34. The largest absolute Gasteiger partial charge is 0.336 e. The summed E-state index contributed by atoms with van der Waals surface area (Å²) in [5, 5.41) is 4.07. The van der Waals surface area contributed by atoms with Crippen molar-refractivity contribution in [2.75, 3.05) is 26.2 Å². The van der Waals surface area contributed by atoms with Crippen molar-refractivity contribution >= 4 is 15.9 Å². The molecule has 156 valence electrons. The lowest BCUT2D eigenvalue weighted by Gasteiger charge is -2.34. The number of carbonyl (C=O) groups excluding carboxylic acids is 1. The maximum atomic E-state index is 12.8. The van der Waals surface area contributed by atoms with Gasteiger partial charge in [0.25, 0.3) is 5.91 Å². The van der Waals surface area contributed by atoms with Crippen molar-refractivity contribution < 1.29 is 13.2 Å².